The van der Waals surface area contributed by atoms with Crippen LogP contribution >= 0.6 is 0 Å². The van der Waals surface area contributed by atoms with Crippen LogP contribution < -0.4 is 14.8 Å². The maximum absolute atomic E-state index is 13.1. The van der Waals surface area contributed by atoms with Crippen LogP contribution in [0, 0.1) is 5.92 Å². The molecule has 3 unspecified atom stereocenters. The maximum Gasteiger partial charge on any atom is 0.286 e. The molecular formula is C28H40N2O9. The first kappa shape index (κ1) is 29.1. The summed E-state index contributed by atoms with van der Waals surface area (Å²) in [7, 11) is 0. The van der Waals surface area contributed by atoms with E-state index in [1.54, 1.807) is 0 Å². The topological polar surface area (TPSA) is 125 Å². The van der Waals surface area contributed by atoms with E-state index < -0.39 is 6.29 Å². The molecule has 1 aromatic carbocycles. The Morgan fingerprint density at radius 3 is 2.74 bits per heavy atom. The summed E-state index contributed by atoms with van der Waals surface area (Å²) in [5.41, 5.74) is 0.960. The second kappa shape index (κ2) is 15.1. The lowest BCUT2D eigenvalue weighted by Crippen LogP contribution is -2.40. The molecule has 39 heavy (non-hydrogen) atoms. The van der Waals surface area contributed by atoms with Gasteiger partial charge in [-0.2, -0.15) is 0 Å². The monoisotopic (exact) mass is 548 g/mol. The number of aliphatic hydroxyl groups is 1. The Labute approximate surface area is 229 Å². The molecule has 0 aliphatic carbocycles. The van der Waals surface area contributed by atoms with Crippen molar-refractivity contribution < 1.29 is 43.1 Å². The predicted molar refractivity (Wildman–Crippen MR) is 140 cm³/mol. The highest BCUT2D eigenvalue weighted by Gasteiger charge is 2.38. The van der Waals surface area contributed by atoms with Gasteiger partial charge in [0.05, 0.1) is 26.4 Å². The summed E-state index contributed by atoms with van der Waals surface area (Å²) in [6.07, 6.45) is 4.01. The second-order valence-electron chi connectivity index (χ2n) is 9.61. The molecule has 1 aromatic rings. The third-order valence-electron chi connectivity index (χ3n) is 6.99. The number of aliphatic hydroxyl groups excluding tert-OH is 1. The van der Waals surface area contributed by atoms with Gasteiger partial charge < -0.3 is 43.7 Å². The standard InChI is InChI=1S/C28H40N2O9/c1-2-36-28-21(8-13-34-15-16-35-14-12-31)22(20-6-7-23-24(17-20)38-19-37-23)18-25(39-28)27(33)29-9-4-11-30-10-3-5-26(30)32/h6-7,17-18,21-22,28,31H,2-5,8-16,19H2,1H3,(H,29,33). The van der Waals surface area contributed by atoms with Crippen LogP contribution in [0.2, 0.25) is 0 Å². The number of rotatable bonds is 16. The minimum Gasteiger partial charge on any atom is -0.459 e. The Kier molecular flexibility index (Phi) is 11.3. The zero-order valence-electron chi connectivity index (χ0n) is 22.6. The highest BCUT2D eigenvalue weighted by molar-refractivity contribution is 5.91. The Bertz CT molecular complexity index is 986. The van der Waals surface area contributed by atoms with E-state index in [1.165, 1.54) is 0 Å². The lowest BCUT2D eigenvalue weighted by atomic mass is 9.81. The van der Waals surface area contributed by atoms with Gasteiger partial charge in [0.2, 0.25) is 19.0 Å². The Morgan fingerprint density at radius 1 is 1.15 bits per heavy atom. The molecule has 4 rings (SSSR count). The van der Waals surface area contributed by atoms with E-state index in [4.69, 9.17) is 33.5 Å². The van der Waals surface area contributed by atoms with Crippen molar-refractivity contribution in [2.45, 2.75) is 44.8 Å². The van der Waals surface area contributed by atoms with E-state index >= 15 is 0 Å². The number of likely N-dealkylation sites (tertiary alicyclic amines) is 1. The van der Waals surface area contributed by atoms with Crippen molar-refractivity contribution in [3.63, 3.8) is 0 Å². The summed E-state index contributed by atoms with van der Waals surface area (Å²) in [6, 6.07) is 5.79. The average molecular weight is 549 g/mol. The van der Waals surface area contributed by atoms with Gasteiger partial charge >= 0.3 is 0 Å². The van der Waals surface area contributed by atoms with Gasteiger partial charge in [-0.1, -0.05) is 6.07 Å². The number of carbonyl (C=O) groups is 2. The highest BCUT2D eigenvalue weighted by Crippen LogP contribution is 2.42. The summed E-state index contributed by atoms with van der Waals surface area (Å²) in [5.74, 6) is 1.12. The van der Waals surface area contributed by atoms with E-state index in [0.717, 1.165) is 18.5 Å². The van der Waals surface area contributed by atoms with E-state index in [2.05, 4.69) is 5.32 Å². The van der Waals surface area contributed by atoms with Crippen LogP contribution in [0.5, 0.6) is 11.5 Å². The Balaban J connectivity index is 1.43. The molecule has 3 atom stereocenters. The zero-order valence-corrected chi connectivity index (χ0v) is 22.6. The van der Waals surface area contributed by atoms with Crippen molar-refractivity contribution in [2.24, 2.45) is 5.92 Å². The van der Waals surface area contributed by atoms with Gasteiger partial charge in [-0.15, -0.1) is 0 Å². The fourth-order valence-electron chi connectivity index (χ4n) is 5.04. The number of amides is 2. The molecular weight excluding hydrogens is 508 g/mol. The highest BCUT2D eigenvalue weighted by atomic mass is 16.7. The van der Waals surface area contributed by atoms with Crippen LogP contribution in [0.3, 0.4) is 0 Å². The molecule has 2 amide bonds. The van der Waals surface area contributed by atoms with Gasteiger partial charge in [0.25, 0.3) is 5.91 Å². The first-order valence-corrected chi connectivity index (χ1v) is 13.8. The molecule has 3 aliphatic heterocycles. The van der Waals surface area contributed by atoms with Gasteiger partial charge in [-0.3, -0.25) is 9.59 Å². The molecule has 3 heterocycles. The van der Waals surface area contributed by atoms with Crippen molar-refractivity contribution in [3.8, 4) is 11.5 Å². The van der Waals surface area contributed by atoms with Gasteiger partial charge in [-0.05, 0) is 50.0 Å². The van der Waals surface area contributed by atoms with Crippen molar-refractivity contribution in [1.82, 2.24) is 10.2 Å². The number of nitrogens with zero attached hydrogens (tertiary/aromatic N) is 1. The lowest BCUT2D eigenvalue weighted by molar-refractivity contribution is -0.168. The number of nitrogens with one attached hydrogen (secondary N) is 1. The Morgan fingerprint density at radius 2 is 1.97 bits per heavy atom. The third-order valence-corrected chi connectivity index (χ3v) is 6.99. The van der Waals surface area contributed by atoms with Crippen LogP contribution in [-0.2, 0) is 28.5 Å². The van der Waals surface area contributed by atoms with E-state index in [1.807, 2.05) is 36.1 Å². The number of hydrogen-bond acceptors (Lipinski definition) is 9. The number of hydrogen-bond donors (Lipinski definition) is 2. The average Bonchev–Trinajstić information content (AvgIpc) is 3.59. The lowest BCUT2D eigenvalue weighted by Gasteiger charge is -2.37. The number of ether oxygens (including phenoxy) is 6. The van der Waals surface area contributed by atoms with Crippen LogP contribution in [0.15, 0.2) is 30.0 Å². The molecule has 3 aliphatic rings. The zero-order chi connectivity index (χ0) is 27.5. The normalized spacial score (nSPS) is 22.1. The number of carbonyl (C=O) groups excluding carboxylic acids is 2. The first-order valence-electron chi connectivity index (χ1n) is 13.8. The SMILES string of the molecule is CCOC1OC(C(=O)NCCCN2CCCC2=O)=CC(c2ccc3c(c2)OCO3)C1CCOCCOCCO. The maximum atomic E-state index is 13.1. The van der Waals surface area contributed by atoms with Crippen molar-refractivity contribution in [1.29, 1.82) is 0 Å². The molecule has 11 nitrogen and oxygen atoms in total. The van der Waals surface area contributed by atoms with Gasteiger partial charge in [-0.25, -0.2) is 0 Å². The summed E-state index contributed by atoms with van der Waals surface area (Å²) in [5, 5.41) is 11.8. The van der Waals surface area contributed by atoms with Crippen molar-refractivity contribution in [3.05, 3.63) is 35.6 Å². The van der Waals surface area contributed by atoms with Crippen LogP contribution in [-0.4, -0.2) is 94.2 Å². The minimum absolute atomic E-state index is 0.0208. The summed E-state index contributed by atoms with van der Waals surface area (Å²) < 4.78 is 34.2. The van der Waals surface area contributed by atoms with Gasteiger partial charge in [0.15, 0.2) is 17.3 Å². The fraction of sp³-hybridized carbons (Fsp3) is 0.643. The molecule has 0 bridgehead atoms. The smallest absolute Gasteiger partial charge is 0.286 e. The molecule has 11 heteroatoms. The summed E-state index contributed by atoms with van der Waals surface area (Å²) in [4.78, 5) is 26.8. The first-order chi connectivity index (χ1) is 19.1. The molecule has 0 saturated carbocycles. The van der Waals surface area contributed by atoms with Gasteiger partial charge in [0.1, 0.15) is 0 Å². The number of allylic oxidation sites excluding steroid dienone is 1. The number of fused-ring (bicyclic) bond motifs is 1. The van der Waals surface area contributed by atoms with Crippen LogP contribution in [0.1, 0.15) is 44.1 Å². The van der Waals surface area contributed by atoms with Crippen molar-refractivity contribution in [2.75, 3.05) is 66.1 Å². The fourth-order valence-corrected chi connectivity index (χ4v) is 5.04. The number of benzene rings is 1. The molecule has 1 saturated heterocycles. The van der Waals surface area contributed by atoms with E-state index in [9.17, 15) is 9.59 Å². The third kappa shape index (κ3) is 8.07. The van der Waals surface area contributed by atoms with E-state index in [-0.39, 0.29) is 49.4 Å². The van der Waals surface area contributed by atoms with Crippen LogP contribution in [0.4, 0.5) is 0 Å². The second-order valence-corrected chi connectivity index (χ2v) is 9.61. The molecule has 0 radical (unpaired) electrons. The predicted octanol–water partition coefficient (Wildman–Crippen LogP) is 1.94. The van der Waals surface area contributed by atoms with E-state index in [0.29, 0.717) is 70.3 Å². The Hall–Kier alpha value is -2.86. The largest absolute Gasteiger partial charge is 0.459 e. The minimum atomic E-state index is -0.646. The summed E-state index contributed by atoms with van der Waals surface area (Å²) in [6.45, 7) is 5.87. The van der Waals surface area contributed by atoms with Gasteiger partial charge in [0, 0.05) is 51.1 Å². The van der Waals surface area contributed by atoms with Crippen LogP contribution in [0.25, 0.3) is 0 Å². The quantitative estimate of drug-likeness (QED) is 0.298. The molecule has 216 valence electrons. The molecule has 2 N–H and O–H groups in total. The molecule has 0 spiro atoms. The summed E-state index contributed by atoms with van der Waals surface area (Å²) >= 11 is 0. The molecule has 0 aromatic heterocycles. The van der Waals surface area contributed by atoms with Crippen molar-refractivity contribution >= 4 is 11.8 Å². The molecule has 1 fully saturated rings.